The summed E-state index contributed by atoms with van der Waals surface area (Å²) < 4.78 is 10.7. The molecule has 0 unspecified atom stereocenters. The minimum Gasteiger partial charge on any atom is -0.493 e. The van der Waals surface area contributed by atoms with Gasteiger partial charge in [0.2, 0.25) is 0 Å². The lowest BCUT2D eigenvalue weighted by Crippen LogP contribution is -2.17. The molecule has 0 aliphatic rings. The Hall–Kier alpha value is -2.24. The molecule has 0 aliphatic heterocycles. The molecule has 5 nitrogen and oxygen atoms in total. The van der Waals surface area contributed by atoms with E-state index < -0.39 is 0 Å². The van der Waals surface area contributed by atoms with Crippen molar-refractivity contribution in [2.45, 2.75) is 6.92 Å². The van der Waals surface area contributed by atoms with E-state index in [0.717, 1.165) is 0 Å². The quantitative estimate of drug-likeness (QED) is 0.616. The smallest absolute Gasteiger partial charge is 0.271 e. The van der Waals surface area contributed by atoms with Crippen molar-refractivity contribution in [2.24, 2.45) is 5.10 Å². The summed E-state index contributed by atoms with van der Waals surface area (Å²) in [6.45, 7) is 2.33. The molecule has 0 radical (unpaired) electrons. The Morgan fingerprint density at radius 3 is 2.75 bits per heavy atom. The number of rotatable bonds is 6. The SMILES string of the molecule is CCOc1c(Cl)cc(C=NNC(=O)c2cccc(Cl)c2)cc1OC. The van der Waals surface area contributed by atoms with E-state index in [2.05, 4.69) is 10.5 Å². The van der Waals surface area contributed by atoms with Crippen LogP contribution in [-0.4, -0.2) is 25.8 Å². The molecule has 2 aromatic rings. The fourth-order valence-electron chi connectivity index (χ4n) is 1.96. The number of carbonyl (C=O) groups excluding carboxylic acids is 1. The van der Waals surface area contributed by atoms with Gasteiger partial charge in [0, 0.05) is 10.6 Å². The highest BCUT2D eigenvalue weighted by atomic mass is 35.5. The molecule has 0 heterocycles. The average Bonchev–Trinajstić information content (AvgIpc) is 2.57. The monoisotopic (exact) mass is 366 g/mol. The number of benzene rings is 2. The summed E-state index contributed by atoms with van der Waals surface area (Å²) in [6, 6.07) is 9.97. The molecule has 0 aromatic heterocycles. The summed E-state index contributed by atoms with van der Waals surface area (Å²) >= 11 is 12.0. The second-order valence-electron chi connectivity index (χ2n) is 4.68. The number of hydrogen-bond acceptors (Lipinski definition) is 4. The first-order valence-electron chi connectivity index (χ1n) is 7.14. The van der Waals surface area contributed by atoms with Gasteiger partial charge in [-0.1, -0.05) is 29.3 Å². The second kappa shape index (κ2) is 8.57. The van der Waals surface area contributed by atoms with Gasteiger partial charge in [-0.05, 0) is 42.8 Å². The Balaban J connectivity index is 2.11. The normalized spacial score (nSPS) is 10.7. The first-order valence-corrected chi connectivity index (χ1v) is 7.90. The van der Waals surface area contributed by atoms with Crippen molar-refractivity contribution in [2.75, 3.05) is 13.7 Å². The van der Waals surface area contributed by atoms with E-state index in [1.54, 1.807) is 36.4 Å². The van der Waals surface area contributed by atoms with Crippen LogP contribution in [-0.2, 0) is 0 Å². The molecule has 0 saturated carbocycles. The minimum absolute atomic E-state index is 0.363. The van der Waals surface area contributed by atoms with E-state index >= 15 is 0 Å². The lowest BCUT2D eigenvalue weighted by atomic mass is 10.2. The molecule has 0 aliphatic carbocycles. The molecule has 2 aromatic carbocycles. The van der Waals surface area contributed by atoms with Crippen LogP contribution >= 0.6 is 23.2 Å². The first kappa shape index (κ1) is 18.1. The maximum absolute atomic E-state index is 12.0. The Labute approximate surface area is 150 Å². The number of methoxy groups -OCH3 is 1. The van der Waals surface area contributed by atoms with Gasteiger partial charge in [-0.25, -0.2) is 5.43 Å². The van der Waals surface area contributed by atoms with Crippen LogP contribution in [0.5, 0.6) is 11.5 Å². The van der Waals surface area contributed by atoms with Gasteiger partial charge in [0.1, 0.15) is 0 Å². The lowest BCUT2D eigenvalue weighted by molar-refractivity contribution is 0.0955. The van der Waals surface area contributed by atoms with E-state index in [1.165, 1.54) is 13.3 Å². The van der Waals surface area contributed by atoms with Crippen LogP contribution in [0.3, 0.4) is 0 Å². The van der Waals surface area contributed by atoms with Crippen molar-refractivity contribution in [3.05, 3.63) is 57.6 Å². The Morgan fingerprint density at radius 1 is 1.29 bits per heavy atom. The van der Waals surface area contributed by atoms with Gasteiger partial charge in [0.25, 0.3) is 5.91 Å². The number of nitrogens with zero attached hydrogens (tertiary/aromatic N) is 1. The maximum Gasteiger partial charge on any atom is 0.271 e. The Bertz CT molecular complexity index is 763. The van der Waals surface area contributed by atoms with Gasteiger partial charge in [-0.15, -0.1) is 0 Å². The number of hydrazone groups is 1. The van der Waals surface area contributed by atoms with Crippen LogP contribution in [0.15, 0.2) is 41.5 Å². The Kier molecular flexibility index (Phi) is 6.46. The number of carbonyl (C=O) groups is 1. The standard InChI is InChI=1S/C17H16Cl2N2O3/c1-3-24-16-14(19)7-11(8-15(16)23-2)10-20-21-17(22)12-5-4-6-13(18)9-12/h4-10H,3H2,1-2H3,(H,21,22). The summed E-state index contributed by atoms with van der Waals surface area (Å²) in [4.78, 5) is 12.0. The zero-order valence-electron chi connectivity index (χ0n) is 13.2. The largest absolute Gasteiger partial charge is 0.493 e. The van der Waals surface area contributed by atoms with Gasteiger partial charge in [-0.2, -0.15) is 5.10 Å². The molecule has 0 saturated heterocycles. The van der Waals surface area contributed by atoms with Gasteiger partial charge < -0.3 is 9.47 Å². The molecule has 0 spiro atoms. The molecule has 0 fully saturated rings. The van der Waals surface area contributed by atoms with Crippen LogP contribution in [0.25, 0.3) is 0 Å². The van der Waals surface area contributed by atoms with Crippen molar-refractivity contribution >= 4 is 35.3 Å². The summed E-state index contributed by atoms with van der Waals surface area (Å²) in [7, 11) is 1.52. The third-order valence-corrected chi connectivity index (χ3v) is 3.52. The predicted molar refractivity (Wildman–Crippen MR) is 95.7 cm³/mol. The highest BCUT2D eigenvalue weighted by Gasteiger charge is 2.11. The number of hydrogen-bond donors (Lipinski definition) is 1. The molecule has 1 amide bonds. The number of amides is 1. The molecular weight excluding hydrogens is 351 g/mol. The van der Waals surface area contributed by atoms with Crippen LogP contribution in [0.1, 0.15) is 22.8 Å². The van der Waals surface area contributed by atoms with Gasteiger partial charge in [0.15, 0.2) is 11.5 Å². The molecule has 0 bridgehead atoms. The molecule has 0 atom stereocenters. The van der Waals surface area contributed by atoms with Gasteiger partial charge in [0.05, 0.1) is 25.0 Å². The molecular formula is C17H16Cl2N2O3. The third kappa shape index (κ3) is 4.63. The van der Waals surface area contributed by atoms with E-state index in [-0.39, 0.29) is 5.91 Å². The van der Waals surface area contributed by atoms with Gasteiger partial charge >= 0.3 is 0 Å². The van der Waals surface area contributed by atoms with Crippen molar-refractivity contribution in [1.82, 2.24) is 5.43 Å². The van der Waals surface area contributed by atoms with Crippen LogP contribution < -0.4 is 14.9 Å². The van der Waals surface area contributed by atoms with Crippen LogP contribution in [0, 0.1) is 0 Å². The zero-order chi connectivity index (χ0) is 17.5. The third-order valence-electron chi connectivity index (χ3n) is 3.01. The van der Waals surface area contributed by atoms with Crippen molar-refractivity contribution in [3.8, 4) is 11.5 Å². The summed E-state index contributed by atoms with van der Waals surface area (Å²) in [5.74, 6) is 0.603. The van der Waals surface area contributed by atoms with Gasteiger partial charge in [-0.3, -0.25) is 4.79 Å². The Morgan fingerprint density at radius 2 is 2.08 bits per heavy atom. The fourth-order valence-corrected chi connectivity index (χ4v) is 2.42. The van der Waals surface area contributed by atoms with E-state index in [9.17, 15) is 4.79 Å². The molecule has 24 heavy (non-hydrogen) atoms. The van der Waals surface area contributed by atoms with Crippen LogP contribution in [0.2, 0.25) is 10.0 Å². The van der Waals surface area contributed by atoms with Crippen LogP contribution in [0.4, 0.5) is 0 Å². The van der Waals surface area contributed by atoms with E-state index in [4.69, 9.17) is 32.7 Å². The predicted octanol–water partition coefficient (Wildman–Crippen LogP) is 4.16. The van der Waals surface area contributed by atoms with E-state index in [1.807, 2.05) is 6.92 Å². The number of ether oxygens (including phenoxy) is 2. The zero-order valence-corrected chi connectivity index (χ0v) is 14.7. The topological polar surface area (TPSA) is 59.9 Å². The lowest BCUT2D eigenvalue weighted by Gasteiger charge is -2.11. The number of halogens is 2. The molecule has 2 rings (SSSR count). The highest BCUT2D eigenvalue weighted by Crippen LogP contribution is 2.35. The fraction of sp³-hybridized carbons (Fsp3) is 0.176. The van der Waals surface area contributed by atoms with Crippen molar-refractivity contribution in [3.63, 3.8) is 0 Å². The first-order chi connectivity index (χ1) is 11.5. The summed E-state index contributed by atoms with van der Waals surface area (Å²) in [5.41, 5.74) is 3.51. The number of nitrogens with one attached hydrogen (secondary N) is 1. The van der Waals surface area contributed by atoms with Crippen molar-refractivity contribution in [1.29, 1.82) is 0 Å². The average molecular weight is 367 g/mol. The van der Waals surface area contributed by atoms with Crippen molar-refractivity contribution < 1.29 is 14.3 Å². The minimum atomic E-state index is -0.363. The maximum atomic E-state index is 12.0. The molecule has 1 N–H and O–H groups in total. The molecule has 126 valence electrons. The van der Waals surface area contributed by atoms with E-state index in [0.29, 0.717) is 39.3 Å². The molecule has 7 heteroatoms. The summed E-state index contributed by atoms with van der Waals surface area (Å²) in [6.07, 6.45) is 1.46. The second-order valence-corrected chi connectivity index (χ2v) is 5.52. The summed E-state index contributed by atoms with van der Waals surface area (Å²) in [5, 5.41) is 4.80. The highest BCUT2D eigenvalue weighted by molar-refractivity contribution is 6.32.